The Morgan fingerprint density at radius 1 is 0.771 bits per heavy atom. The number of carbonyl (C=O) groups is 2. The molecule has 0 atom stereocenters. The summed E-state index contributed by atoms with van der Waals surface area (Å²) in [5, 5.41) is 7.56. The lowest BCUT2D eigenvalue weighted by molar-refractivity contribution is -0.120. The van der Waals surface area contributed by atoms with Gasteiger partial charge in [0, 0.05) is 44.5 Å². The van der Waals surface area contributed by atoms with Gasteiger partial charge in [0.25, 0.3) is 5.91 Å². The summed E-state index contributed by atoms with van der Waals surface area (Å²) in [6, 6.07) is 22.6. The van der Waals surface area contributed by atoms with Crippen molar-refractivity contribution >= 4 is 45.7 Å². The molecule has 3 N–H and O–H groups in total. The molecule has 0 saturated heterocycles. The summed E-state index contributed by atoms with van der Waals surface area (Å²) in [4.78, 5) is 28.8. The summed E-state index contributed by atoms with van der Waals surface area (Å²) in [7, 11) is 0. The average molecular weight is 486 g/mol. The van der Waals surface area contributed by atoms with E-state index in [1.165, 1.54) is 12.8 Å². The fraction of sp³-hybridized carbons (Fsp3) is 0.241. The van der Waals surface area contributed by atoms with Crippen LogP contribution in [0, 0.1) is 5.92 Å². The second-order valence-electron chi connectivity index (χ2n) is 9.20. The minimum Gasteiger partial charge on any atom is -0.355 e. The van der Waals surface area contributed by atoms with Gasteiger partial charge in [0.1, 0.15) is 0 Å². The van der Waals surface area contributed by atoms with Crippen LogP contribution < -0.4 is 10.6 Å². The van der Waals surface area contributed by atoms with Gasteiger partial charge in [-0.05, 0) is 79.1 Å². The summed E-state index contributed by atoms with van der Waals surface area (Å²) in [6.07, 6.45) is 6.72. The molecule has 0 unspecified atom stereocenters. The summed E-state index contributed by atoms with van der Waals surface area (Å²) in [6.45, 7) is 0. The zero-order valence-corrected chi connectivity index (χ0v) is 20.2. The minimum atomic E-state index is -0.175. The zero-order valence-electron chi connectivity index (χ0n) is 19.4. The smallest absolute Gasteiger partial charge is 0.255 e. The number of halogens is 1. The molecule has 5 nitrogen and oxygen atoms in total. The van der Waals surface area contributed by atoms with Gasteiger partial charge in [-0.3, -0.25) is 9.59 Å². The number of rotatable bonds is 5. The number of anilines is 2. The van der Waals surface area contributed by atoms with Crippen molar-refractivity contribution in [3.05, 3.63) is 83.4 Å². The molecule has 1 fully saturated rings. The fourth-order valence-electron chi connectivity index (χ4n) is 4.68. The maximum absolute atomic E-state index is 12.7. The Bertz CT molecular complexity index is 1330. The lowest BCUT2D eigenvalue weighted by Gasteiger charge is -2.14. The van der Waals surface area contributed by atoms with E-state index in [0.717, 1.165) is 53.5 Å². The van der Waals surface area contributed by atoms with Gasteiger partial charge < -0.3 is 15.6 Å². The SMILES string of the molecule is O=C(Nc1ccc(Cl)cc1)c1ccc2[nH]c(-c3ccc(NC(=O)C4CCCCCC4)cc3)cc2c1. The van der Waals surface area contributed by atoms with E-state index in [9.17, 15) is 9.59 Å². The molecule has 0 aliphatic heterocycles. The van der Waals surface area contributed by atoms with Gasteiger partial charge in [0.2, 0.25) is 5.91 Å². The summed E-state index contributed by atoms with van der Waals surface area (Å²) in [5.41, 5.74) is 5.02. The Labute approximate surface area is 209 Å². The highest BCUT2D eigenvalue weighted by Gasteiger charge is 2.20. The number of nitrogens with one attached hydrogen (secondary N) is 3. The van der Waals surface area contributed by atoms with E-state index in [0.29, 0.717) is 16.3 Å². The Kier molecular flexibility index (Phi) is 6.87. The van der Waals surface area contributed by atoms with Gasteiger partial charge in [-0.15, -0.1) is 0 Å². The highest BCUT2D eigenvalue weighted by Crippen LogP contribution is 2.28. The first-order valence-corrected chi connectivity index (χ1v) is 12.5. The summed E-state index contributed by atoms with van der Waals surface area (Å²) >= 11 is 5.92. The number of carbonyl (C=O) groups excluding carboxylic acids is 2. The molecule has 4 aromatic rings. The van der Waals surface area contributed by atoms with Crippen LogP contribution in [0.2, 0.25) is 5.02 Å². The van der Waals surface area contributed by atoms with Crippen LogP contribution in [-0.4, -0.2) is 16.8 Å². The number of hydrogen-bond donors (Lipinski definition) is 3. The summed E-state index contributed by atoms with van der Waals surface area (Å²) < 4.78 is 0. The van der Waals surface area contributed by atoms with Crippen LogP contribution in [0.1, 0.15) is 48.9 Å². The van der Waals surface area contributed by atoms with E-state index in [4.69, 9.17) is 11.6 Å². The van der Waals surface area contributed by atoms with Crippen molar-refractivity contribution < 1.29 is 9.59 Å². The molecule has 1 aromatic heterocycles. The van der Waals surface area contributed by atoms with Crippen LogP contribution in [0.5, 0.6) is 0 Å². The van der Waals surface area contributed by atoms with Crippen molar-refractivity contribution in [2.24, 2.45) is 5.92 Å². The maximum Gasteiger partial charge on any atom is 0.255 e. The number of H-pyrrole nitrogens is 1. The molecule has 1 aliphatic carbocycles. The normalized spacial score (nSPS) is 14.4. The van der Waals surface area contributed by atoms with Gasteiger partial charge >= 0.3 is 0 Å². The Hall–Kier alpha value is -3.57. The molecule has 1 heterocycles. The first-order chi connectivity index (χ1) is 17.0. The molecule has 1 saturated carbocycles. The number of fused-ring (bicyclic) bond motifs is 1. The molecule has 0 radical (unpaired) electrons. The second kappa shape index (κ2) is 10.4. The van der Waals surface area contributed by atoms with Gasteiger partial charge in [-0.2, -0.15) is 0 Å². The third-order valence-corrected chi connectivity index (χ3v) is 6.93. The molecular weight excluding hydrogens is 458 g/mol. The standard InChI is InChI=1S/C29H28ClN3O2/c30-23-10-14-25(15-11-23)32-29(35)21-9-16-26-22(17-21)18-27(33-26)19-7-12-24(13-8-19)31-28(34)20-5-3-1-2-4-6-20/h7-18,20,33H,1-6H2,(H,31,34)(H,32,35). The molecular formula is C29H28ClN3O2. The van der Waals surface area contributed by atoms with Crippen molar-refractivity contribution in [3.63, 3.8) is 0 Å². The number of amides is 2. The Balaban J connectivity index is 1.27. The number of hydrogen-bond acceptors (Lipinski definition) is 2. The predicted octanol–water partition coefficient (Wildman–Crippen LogP) is 7.65. The average Bonchev–Trinajstić information content (AvgIpc) is 3.10. The van der Waals surface area contributed by atoms with Crippen LogP contribution in [0.25, 0.3) is 22.2 Å². The number of benzene rings is 3. The third-order valence-electron chi connectivity index (χ3n) is 6.67. The Morgan fingerprint density at radius 3 is 2.14 bits per heavy atom. The monoisotopic (exact) mass is 485 g/mol. The van der Waals surface area contributed by atoms with Crippen molar-refractivity contribution in [2.75, 3.05) is 10.6 Å². The Morgan fingerprint density at radius 2 is 1.43 bits per heavy atom. The first kappa shape index (κ1) is 23.2. The highest BCUT2D eigenvalue weighted by atomic mass is 35.5. The van der Waals surface area contributed by atoms with Gasteiger partial charge in [0.15, 0.2) is 0 Å². The number of aromatic nitrogens is 1. The van der Waals surface area contributed by atoms with Gasteiger partial charge in [0.05, 0.1) is 0 Å². The van der Waals surface area contributed by atoms with Crippen molar-refractivity contribution in [3.8, 4) is 11.3 Å². The third kappa shape index (κ3) is 5.57. The van der Waals surface area contributed by atoms with E-state index >= 15 is 0 Å². The van der Waals surface area contributed by atoms with Crippen LogP contribution in [0.3, 0.4) is 0 Å². The molecule has 0 bridgehead atoms. The van der Waals surface area contributed by atoms with E-state index in [2.05, 4.69) is 15.6 Å². The molecule has 178 valence electrons. The van der Waals surface area contributed by atoms with E-state index in [1.54, 1.807) is 30.3 Å². The molecule has 2 amide bonds. The molecule has 0 spiro atoms. The molecule has 3 aromatic carbocycles. The van der Waals surface area contributed by atoms with Crippen molar-refractivity contribution in [1.29, 1.82) is 0 Å². The topological polar surface area (TPSA) is 74.0 Å². The largest absolute Gasteiger partial charge is 0.355 e. The molecule has 6 heteroatoms. The molecule has 1 aliphatic rings. The summed E-state index contributed by atoms with van der Waals surface area (Å²) in [5.74, 6) is 0.0809. The molecule has 5 rings (SSSR count). The maximum atomic E-state index is 12.7. The predicted molar refractivity (Wildman–Crippen MR) is 143 cm³/mol. The van der Waals surface area contributed by atoms with Crippen LogP contribution in [-0.2, 0) is 4.79 Å². The van der Waals surface area contributed by atoms with Gasteiger partial charge in [-0.1, -0.05) is 49.4 Å². The lowest BCUT2D eigenvalue weighted by Crippen LogP contribution is -2.22. The zero-order chi connectivity index (χ0) is 24.2. The minimum absolute atomic E-state index is 0.122. The lowest BCUT2D eigenvalue weighted by atomic mass is 9.99. The molecule has 35 heavy (non-hydrogen) atoms. The van der Waals surface area contributed by atoms with Crippen LogP contribution >= 0.6 is 11.6 Å². The van der Waals surface area contributed by atoms with E-state index in [-0.39, 0.29) is 17.7 Å². The number of aromatic amines is 1. The van der Waals surface area contributed by atoms with E-state index < -0.39 is 0 Å². The van der Waals surface area contributed by atoms with Gasteiger partial charge in [-0.25, -0.2) is 0 Å². The second-order valence-corrected chi connectivity index (χ2v) is 9.64. The van der Waals surface area contributed by atoms with Crippen LogP contribution in [0.15, 0.2) is 72.8 Å². The van der Waals surface area contributed by atoms with Crippen LogP contribution in [0.4, 0.5) is 11.4 Å². The van der Waals surface area contributed by atoms with Crippen molar-refractivity contribution in [1.82, 2.24) is 4.98 Å². The fourth-order valence-corrected chi connectivity index (χ4v) is 4.81. The van der Waals surface area contributed by atoms with E-state index in [1.807, 2.05) is 42.5 Å². The first-order valence-electron chi connectivity index (χ1n) is 12.2. The van der Waals surface area contributed by atoms with Crippen molar-refractivity contribution in [2.45, 2.75) is 38.5 Å². The quantitative estimate of drug-likeness (QED) is 0.254. The highest BCUT2D eigenvalue weighted by molar-refractivity contribution is 6.30.